The molecule has 5 rings (SSSR count). The van der Waals surface area contributed by atoms with E-state index in [1.54, 1.807) is 0 Å². The highest BCUT2D eigenvalue weighted by atomic mass is 16.2. The minimum Gasteiger partial charge on any atom is -0.361 e. The topological polar surface area (TPSA) is 56.7 Å². The highest BCUT2D eigenvalue weighted by Crippen LogP contribution is 2.28. The Balaban J connectivity index is 1.34. The molecule has 0 bridgehead atoms. The van der Waals surface area contributed by atoms with Crippen LogP contribution in [0.2, 0.25) is 0 Å². The summed E-state index contributed by atoms with van der Waals surface area (Å²) in [6.07, 6.45) is 0.696. The lowest BCUT2D eigenvalue weighted by molar-refractivity contribution is 0.0935. The van der Waals surface area contributed by atoms with Gasteiger partial charge in [0.1, 0.15) is 6.17 Å². The fourth-order valence-corrected chi connectivity index (χ4v) is 3.69. The Morgan fingerprint density at radius 3 is 2.43 bits per heavy atom. The monoisotopic (exact) mass is 368 g/mol. The standard InChI is InChI=1S/C23H20N4O/c28-23-19-8-4-5-9-21(19)24-22(25-23)17-10-12-18(13-11-17)27-15-14-20(26-27)16-6-2-1-3-7-16/h1-13,22,24H,14-15H2,(H,25,28)/t22-/m0/s1. The van der Waals surface area contributed by atoms with Crippen LogP contribution in [0.15, 0.2) is 84.0 Å². The minimum absolute atomic E-state index is 0.0555. The first-order valence-corrected chi connectivity index (χ1v) is 9.45. The Morgan fingerprint density at radius 1 is 0.857 bits per heavy atom. The summed E-state index contributed by atoms with van der Waals surface area (Å²) in [5, 5.41) is 13.2. The van der Waals surface area contributed by atoms with Crippen LogP contribution in [0, 0.1) is 0 Å². The van der Waals surface area contributed by atoms with E-state index in [2.05, 4.69) is 34.9 Å². The van der Waals surface area contributed by atoms with Crippen molar-refractivity contribution in [3.8, 4) is 0 Å². The molecule has 138 valence electrons. The van der Waals surface area contributed by atoms with Crippen molar-refractivity contribution >= 4 is 23.0 Å². The number of benzene rings is 3. The third-order valence-corrected chi connectivity index (χ3v) is 5.18. The summed E-state index contributed by atoms with van der Waals surface area (Å²) in [7, 11) is 0. The van der Waals surface area contributed by atoms with Crippen molar-refractivity contribution in [1.82, 2.24) is 5.32 Å². The number of para-hydroxylation sites is 1. The maximum absolute atomic E-state index is 12.3. The predicted molar refractivity (Wildman–Crippen MR) is 112 cm³/mol. The fourth-order valence-electron chi connectivity index (χ4n) is 3.69. The first-order chi connectivity index (χ1) is 13.8. The molecule has 0 radical (unpaired) electrons. The normalized spacial score (nSPS) is 18.1. The molecule has 3 aromatic carbocycles. The zero-order valence-electron chi connectivity index (χ0n) is 15.3. The van der Waals surface area contributed by atoms with Crippen molar-refractivity contribution in [3.05, 3.63) is 95.6 Å². The molecule has 0 fully saturated rings. The summed E-state index contributed by atoms with van der Waals surface area (Å²) in [5.41, 5.74) is 5.89. The molecule has 5 nitrogen and oxygen atoms in total. The van der Waals surface area contributed by atoms with E-state index in [9.17, 15) is 4.79 Å². The number of carbonyl (C=O) groups excluding carboxylic acids is 1. The van der Waals surface area contributed by atoms with E-state index in [1.165, 1.54) is 5.56 Å². The molecular weight excluding hydrogens is 348 g/mol. The van der Waals surface area contributed by atoms with Crippen LogP contribution < -0.4 is 15.6 Å². The molecule has 1 amide bonds. The minimum atomic E-state index is -0.238. The number of hydrazone groups is 1. The quantitative estimate of drug-likeness (QED) is 0.730. The molecule has 2 aliphatic rings. The molecule has 2 N–H and O–H groups in total. The third-order valence-electron chi connectivity index (χ3n) is 5.18. The number of nitrogens with zero attached hydrogens (tertiary/aromatic N) is 2. The number of anilines is 2. The summed E-state index contributed by atoms with van der Waals surface area (Å²) in [4.78, 5) is 12.3. The van der Waals surface area contributed by atoms with Gasteiger partial charge in [-0.15, -0.1) is 0 Å². The molecule has 1 atom stereocenters. The Kier molecular flexibility index (Phi) is 4.05. The van der Waals surface area contributed by atoms with Crippen LogP contribution in [0.4, 0.5) is 11.4 Å². The lowest BCUT2D eigenvalue weighted by Gasteiger charge is -2.28. The van der Waals surface area contributed by atoms with E-state index in [0.717, 1.165) is 35.6 Å². The number of fused-ring (bicyclic) bond motifs is 1. The fraction of sp³-hybridized carbons (Fsp3) is 0.130. The average molecular weight is 368 g/mol. The largest absolute Gasteiger partial charge is 0.361 e. The molecular formula is C23H20N4O. The van der Waals surface area contributed by atoms with Crippen molar-refractivity contribution in [3.63, 3.8) is 0 Å². The van der Waals surface area contributed by atoms with Crippen molar-refractivity contribution in [2.45, 2.75) is 12.6 Å². The van der Waals surface area contributed by atoms with Gasteiger partial charge in [-0.2, -0.15) is 5.10 Å². The highest BCUT2D eigenvalue weighted by Gasteiger charge is 2.24. The predicted octanol–water partition coefficient (Wildman–Crippen LogP) is 4.16. The SMILES string of the molecule is O=C1N[C@@H](c2ccc(N3CCC(c4ccccc4)=N3)cc2)Nc2ccccc21. The van der Waals surface area contributed by atoms with Gasteiger partial charge in [0, 0.05) is 18.7 Å². The molecule has 0 aromatic heterocycles. The molecule has 0 saturated heterocycles. The molecule has 5 heteroatoms. The van der Waals surface area contributed by atoms with Crippen LogP contribution in [-0.4, -0.2) is 18.2 Å². The van der Waals surface area contributed by atoms with Crippen LogP contribution in [0.3, 0.4) is 0 Å². The molecule has 0 spiro atoms. The van der Waals surface area contributed by atoms with Gasteiger partial charge in [-0.3, -0.25) is 9.80 Å². The van der Waals surface area contributed by atoms with Crippen LogP contribution in [0.25, 0.3) is 0 Å². The second-order valence-electron chi connectivity index (χ2n) is 6.97. The van der Waals surface area contributed by atoms with E-state index < -0.39 is 0 Å². The van der Waals surface area contributed by atoms with Gasteiger partial charge < -0.3 is 10.6 Å². The van der Waals surface area contributed by atoms with Crippen LogP contribution >= 0.6 is 0 Å². The van der Waals surface area contributed by atoms with Crippen LogP contribution in [0.5, 0.6) is 0 Å². The Labute approximate surface area is 163 Å². The lowest BCUT2D eigenvalue weighted by atomic mass is 10.1. The van der Waals surface area contributed by atoms with Gasteiger partial charge in [0.05, 0.1) is 17.0 Å². The Hall–Kier alpha value is -3.60. The van der Waals surface area contributed by atoms with Gasteiger partial charge in [0.15, 0.2) is 0 Å². The first-order valence-electron chi connectivity index (χ1n) is 9.45. The second kappa shape index (κ2) is 6.85. The van der Waals surface area contributed by atoms with E-state index in [4.69, 9.17) is 5.10 Å². The van der Waals surface area contributed by atoms with Crippen LogP contribution in [-0.2, 0) is 0 Å². The van der Waals surface area contributed by atoms with E-state index in [0.29, 0.717) is 5.56 Å². The van der Waals surface area contributed by atoms with Gasteiger partial charge in [-0.1, -0.05) is 54.6 Å². The zero-order chi connectivity index (χ0) is 18.9. The highest BCUT2D eigenvalue weighted by molar-refractivity contribution is 6.03. The Morgan fingerprint density at radius 2 is 1.61 bits per heavy atom. The molecule has 2 heterocycles. The molecule has 0 aliphatic carbocycles. The van der Waals surface area contributed by atoms with E-state index in [1.807, 2.05) is 59.6 Å². The lowest BCUT2D eigenvalue weighted by Crippen LogP contribution is -2.38. The summed E-state index contributed by atoms with van der Waals surface area (Å²) in [6, 6.07) is 26.0. The number of rotatable bonds is 3. The summed E-state index contributed by atoms with van der Waals surface area (Å²) >= 11 is 0. The first kappa shape index (κ1) is 16.6. The average Bonchev–Trinajstić information content (AvgIpc) is 3.25. The number of carbonyl (C=O) groups is 1. The maximum Gasteiger partial charge on any atom is 0.255 e. The summed E-state index contributed by atoms with van der Waals surface area (Å²) in [6.45, 7) is 0.870. The second-order valence-corrected chi connectivity index (χ2v) is 6.97. The van der Waals surface area contributed by atoms with Gasteiger partial charge >= 0.3 is 0 Å². The number of amides is 1. The molecule has 28 heavy (non-hydrogen) atoms. The smallest absolute Gasteiger partial charge is 0.255 e. The molecule has 0 unspecified atom stereocenters. The van der Waals surface area contributed by atoms with E-state index >= 15 is 0 Å². The third kappa shape index (κ3) is 3.01. The molecule has 2 aliphatic heterocycles. The van der Waals surface area contributed by atoms with Gasteiger partial charge in [0.25, 0.3) is 5.91 Å². The van der Waals surface area contributed by atoms with Gasteiger partial charge in [-0.05, 0) is 35.4 Å². The zero-order valence-corrected chi connectivity index (χ0v) is 15.3. The molecule has 0 saturated carbocycles. The number of hydrogen-bond donors (Lipinski definition) is 2. The van der Waals surface area contributed by atoms with Crippen molar-refractivity contribution in [1.29, 1.82) is 0 Å². The summed E-state index contributed by atoms with van der Waals surface area (Å²) in [5.74, 6) is -0.0555. The number of hydrogen-bond acceptors (Lipinski definition) is 4. The van der Waals surface area contributed by atoms with E-state index in [-0.39, 0.29) is 12.1 Å². The van der Waals surface area contributed by atoms with Gasteiger partial charge in [0.2, 0.25) is 0 Å². The van der Waals surface area contributed by atoms with Gasteiger partial charge in [-0.25, -0.2) is 0 Å². The molecule has 3 aromatic rings. The number of nitrogens with one attached hydrogen (secondary N) is 2. The summed E-state index contributed by atoms with van der Waals surface area (Å²) < 4.78 is 0. The maximum atomic E-state index is 12.3. The van der Waals surface area contributed by atoms with Crippen LogP contribution in [0.1, 0.15) is 34.1 Å². The van der Waals surface area contributed by atoms with Crippen molar-refractivity contribution in [2.75, 3.05) is 16.9 Å². The van der Waals surface area contributed by atoms with Crippen molar-refractivity contribution < 1.29 is 4.79 Å². The Bertz CT molecular complexity index is 1040. The van der Waals surface area contributed by atoms with Crippen molar-refractivity contribution in [2.24, 2.45) is 5.10 Å².